The number of aliphatic carboxylic acids is 1. The van der Waals surface area contributed by atoms with E-state index in [4.69, 9.17) is 10.2 Å². The van der Waals surface area contributed by atoms with Crippen molar-refractivity contribution in [3.05, 3.63) is 0 Å². The van der Waals surface area contributed by atoms with Gasteiger partial charge in [0.1, 0.15) is 6.04 Å². The highest BCUT2D eigenvalue weighted by Gasteiger charge is 2.33. The molecular formula is C13H24N2O4. The van der Waals surface area contributed by atoms with E-state index in [9.17, 15) is 9.59 Å². The zero-order valence-corrected chi connectivity index (χ0v) is 11.6. The summed E-state index contributed by atoms with van der Waals surface area (Å²) in [6.07, 6.45) is 4.22. The number of nitrogens with one attached hydrogen (secondary N) is 2. The van der Waals surface area contributed by atoms with E-state index in [1.54, 1.807) is 0 Å². The zero-order valence-electron chi connectivity index (χ0n) is 11.6. The molecule has 110 valence electrons. The van der Waals surface area contributed by atoms with Crippen molar-refractivity contribution in [1.82, 2.24) is 10.6 Å². The SMILES string of the molecule is CC1(C)CCCCC1NC(=O)NC(CCO)C(=O)O. The number of rotatable bonds is 5. The molecule has 1 rings (SSSR count). The summed E-state index contributed by atoms with van der Waals surface area (Å²) in [6, 6.07) is -1.46. The Hall–Kier alpha value is -1.30. The minimum atomic E-state index is -1.13. The molecule has 2 amide bonds. The van der Waals surface area contributed by atoms with Gasteiger partial charge in [-0.2, -0.15) is 0 Å². The van der Waals surface area contributed by atoms with Gasteiger partial charge in [-0.15, -0.1) is 0 Å². The third kappa shape index (κ3) is 4.70. The smallest absolute Gasteiger partial charge is 0.326 e. The fourth-order valence-corrected chi connectivity index (χ4v) is 2.51. The zero-order chi connectivity index (χ0) is 14.5. The van der Waals surface area contributed by atoms with E-state index in [-0.39, 0.29) is 24.5 Å². The normalized spacial score (nSPS) is 23.4. The molecule has 1 aliphatic carbocycles. The summed E-state index contributed by atoms with van der Waals surface area (Å²) < 4.78 is 0. The number of aliphatic hydroxyl groups excluding tert-OH is 1. The number of hydrogen-bond acceptors (Lipinski definition) is 3. The topological polar surface area (TPSA) is 98.7 Å². The number of aliphatic hydroxyl groups is 1. The summed E-state index contributed by atoms with van der Waals surface area (Å²) in [6.45, 7) is 3.95. The fourth-order valence-electron chi connectivity index (χ4n) is 2.51. The van der Waals surface area contributed by atoms with Gasteiger partial charge in [0, 0.05) is 19.1 Å². The summed E-state index contributed by atoms with van der Waals surface area (Å²) >= 11 is 0. The first-order valence-corrected chi connectivity index (χ1v) is 6.77. The fraction of sp³-hybridized carbons (Fsp3) is 0.846. The second-order valence-corrected chi connectivity index (χ2v) is 5.81. The minimum absolute atomic E-state index is 0.0107. The van der Waals surface area contributed by atoms with Crippen LogP contribution in [0, 0.1) is 5.41 Å². The Bertz CT molecular complexity index is 331. The van der Waals surface area contributed by atoms with E-state index in [1.807, 2.05) is 0 Å². The summed E-state index contributed by atoms with van der Waals surface area (Å²) in [5.74, 6) is -1.13. The molecule has 6 nitrogen and oxygen atoms in total. The van der Waals surface area contributed by atoms with Gasteiger partial charge >= 0.3 is 12.0 Å². The Labute approximate surface area is 113 Å². The van der Waals surface area contributed by atoms with E-state index in [2.05, 4.69) is 24.5 Å². The van der Waals surface area contributed by atoms with Crippen molar-refractivity contribution in [3.63, 3.8) is 0 Å². The van der Waals surface area contributed by atoms with Crippen LogP contribution in [0.5, 0.6) is 0 Å². The first kappa shape index (κ1) is 15.8. The number of carbonyl (C=O) groups is 2. The second-order valence-electron chi connectivity index (χ2n) is 5.81. The molecule has 19 heavy (non-hydrogen) atoms. The van der Waals surface area contributed by atoms with Crippen LogP contribution in [0.3, 0.4) is 0 Å². The predicted octanol–water partition coefficient (Wildman–Crippen LogP) is 1.09. The molecule has 0 aromatic carbocycles. The van der Waals surface area contributed by atoms with E-state index >= 15 is 0 Å². The summed E-state index contributed by atoms with van der Waals surface area (Å²) in [5, 5.41) is 22.9. The molecule has 0 saturated heterocycles. The van der Waals surface area contributed by atoms with Gasteiger partial charge in [-0.05, 0) is 18.3 Å². The molecule has 0 aromatic heterocycles. The van der Waals surface area contributed by atoms with E-state index in [0.29, 0.717) is 0 Å². The maximum absolute atomic E-state index is 11.8. The lowest BCUT2D eigenvalue weighted by molar-refractivity contribution is -0.139. The first-order chi connectivity index (χ1) is 8.86. The van der Waals surface area contributed by atoms with Crippen LogP contribution in [0.1, 0.15) is 46.0 Å². The minimum Gasteiger partial charge on any atom is -0.480 e. The lowest BCUT2D eigenvalue weighted by Crippen LogP contribution is -2.53. The number of amides is 2. The molecule has 0 aliphatic heterocycles. The molecule has 0 spiro atoms. The maximum Gasteiger partial charge on any atom is 0.326 e. The quantitative estimate of drug-likeness (QED) is 0.602. The van der Waals surface area contributed by atoms with Crippen molar-refractivity contribution in [3.8, 4) is 0 Å². The van der Waals surface area contributed by atoms with Crippen LogP contribution in [0.25, 0.3) is 0 Å². The van der Waals surface area contributed by atoms with Crippen molar-refractivity contribution in [2.75, 3.05) is 6.61 Å². The van der Waals surface area contributed by atoms with Crippen molar-refractivity contribution < 1.29 is 19.8 Å². The molecule has 0 heterocycles. The van der Waals surface area contributed by atoms with Gasteiger partial charge in [0.2, 0.25) is 0 Å². The Morgan fingerprint density at radius 3 is 2.58 bits per heavy atom. The van der Waals surface area contributed by atoms with Gasteiger partial charge in [-0.3, -0.25) is 0 Å². The van der Waals surface area contributed by atoms with Crippen LogP contribution in [0.15, 0.2) is 0 Å². The average molecular weight is 272 g/mol. The molecule has 0 radical (unpaired) electrons. The number of carboxylic acid groups (broad SMARTS) is 1. The number of carbonyl (C=O) groups excluding carboxylic acids is 1. The predicted molar refractivity (Wildman–Crippen MR) is 70.8 cm³/mol. The van der Waals surface area contributed by atoms with Gasteiger partial charge in [0.15, 0.2) is 0 Å². The maximum atomic E-state index is 11.8. The third-order valence-corrected chi connectivity index (χ3v) is 3.83. The molecule has 2 atom stereocenters. The molecule has 6 heteroatoms. The van der Waals surface area contributed by atoms with Gasteiger partial charge in [0.25, 0.3) is 0 Å². The van der Waals surface area contributed by atoms with Gasteiger partial charge in [-0.1, -0.05) is 26.7 Å². The molecule has 4 N–H and O–H groups in total. The molecule has 2 unspecified atom stereocenters. The van der Waals surface area contributed by atoms with Crippen LogP contribution in [0.4, 0.5) is 4.79 Å². The second kappa shape index (κ2) is 6.75. The summed E-state index contributed by atoms with van der Waals surface area (Å²) in [7, 11) is 0. The highest BCUT2D eigenvalue weighted by Crippen LogP contribution is 2.35. The van der Waals surface area contributed by atoms with Gasteiger partial charge in [0.05, 0.1) is 0 Å². The largest absolute Gasteiger partial charge is 0.480 e. The van der Waals surface area contributed by atoms with Crippen LogP contribution >= 0.6 is 0 Å². The number of hydrogen-bond donors (Lipinski definition) is 4. The molecule has 0 aromatic rings. The molecule has 0 bridgehead atoms. The third-order valence-electron chi connectivity index (χ3n) is 3.83. The Kier molecular flexibility index (Phi) is 5.60. The molecule has 1 aliphatic rings. The van der Waals surface area contributed by atoms with E-state index in [1.165, 1.54) is 0 Å². The van der Waals surface area contributed by atoms with Gasteiger partial charge < -0.3 is 20.8 Å². The van der Waals surface area contributed by atoms with Crippen molar-refractivity contribution >= 4 is 12.0 Å². The van der Waals surface area contributed by atoms with Crippen molar-refractivity contribution in [2.24, 2.45) is 5.41 Å². The Morgan fingerprint density at radius 1 is 1.37 bits per heavy atom. The van der Waals surface area contributed by atoms with Crippen LogP contribution in [-0.4, -0.2) is 40.9 Å². The molecule has 1 fully saturated rings. The average Bonchev–Trinajstić information content (AvgIpc) is 2.31. The lowest BCUT2D eigenvalue weighted by atomic mass is 9.73. The first-order valence-electron chi connectivity index (χ1n) is 6.77. The van der Waals surface area contributed by atoms with Crippen LogP contribution in [-0.2, 0) is 4.79 Å². The number of carboxylic acids is 1. The van der Waals surface area contributed by atoms with Crippen molar-refractivity contribution in [1.29, 1.82) is 0 Å². The van der Waals surface area contributed by atoms with E-state index < -0.39 is 18.0 Å². The molecule has 1 saturated carbocycles. The Balaban J connectivity index is 2.51. The lowest BCUT2D eigenvalue weighted by Gasteiger charge is -2.39. The number of urea groups is 1. The highest BCUT2D eigenvalue weighted by atomic mass is 16.4. The van der Waals surface area contributed by atoms with Crippen LogP contribution < -0.4 is 10.6 Å². The Morgan fingerprint density at radius 2 is 2.05 bits per heavy atom. The van der Waals surface area contributed by atoms with E-state index in [0.717, 1.165) is 25.7 Å². The summed E-state index contributed by atoms with van der Waals surface area (Å²) in [4.78, 5) is 22.7. The standard InChI is InChI=1S/C13H24N2O4/c1-13(2)7-4-3-5-10(13)15-12(19)14-9(6-8-16)11(17)18/h9-10,16H,3-8H2,1-2H3,(H,17,18)(H2,14,15,19). The highest BCUT2D eigenvalue weighted by molar-refractivity contribution is 5.82. The van der Waals surface area contributed by atoms with Crippen LogP contribution in [0.2, 0.25) is 0 Å². The monoisotopic (exact) mass is 272 g/mol. The summed E-state index contributed by atoms with van der Waals surface area (Å²) in [5.41, 5.74) is 0.0330. The van der Waals surface area contributed by atoms with Gasteiger partial charge in [-0.25, -0.2) is 9.59 Å². The molecular weight excluding hydrogens is 248 g/mol. The van der Waals surface area contributed by atoms with Crippen molar-refractivity contribution in [2.45, 2.75) is 58.0 Å².